The minimum absolute atomic E-state index is 0.00662. The number of hydrazine groups is 1. The summed E-state index contributed by atoms with van der Waals surface area (Å²) < 4.78 is 27.3. The molecule has 0 saturated carbocycles. The highest BCUT2D eigenvalue weighted by Gasteiger charge is 2.17. The quantitative estimate of drug-likeness (QED) is 0.667. The van der Waals surface area contributed by atoms with Crippen molar-refractivity contribution in [3.8, 4) is 0 Å². The van der Waals surface area contributed by atoms with Crippen LogP contribution >= 0.6 is 11.6 Å². The number of hydrogen-bond donors (Lipinski definition) is 2. The van der Waals surface area contributed by atoms with E-state index in [0.717, 1.165) is 11.1 Å². The Morgan fingerprint density at radius 2 is 1.85 bits per heavy atom. The second-order valence-corrected chi connectivity index (χ2v) is 5.04. The van der Waals surface area contributed by atoms with E-state index in [-0.39, 0.29) is 12.0 Å². The highest BCUT2D eigenvalue weighted by atomic mass is 35.5. The number of nitrogens with one attached hydrogen (secondary N) is 1. The van der Waals surface area contributed by atoms with Crippen LogP contribution in [0, 0.1) is 18.6 Å². The zero-order chi connectivity index (χ0) is 14.7. The summed E-state index contributed by atoms with van der Waals surface area (Å²) in [7, 11) is 0. The van der Waals surface area contributed by atoms with E-state index in [4.69, 9.17) is 17.4 Å². The van der Waals surface area contributed by atoms with Gasteiger partial charge in [-0.2, -0.15) is 0 Å². The first-order valence-corrected chi connectivity index (χ1v) is 6.55. The topological polar surface area (TPSA) is 38.0 Å². The molecule has 0 aliphatic heterocycles. The lowest BCUT2D eigenvalue weighted by molar-refractivity contribution is 0.500. The average molecular weight is 297 g/mol. The van der Waals surface area contributed by atoms with Crippen molar-refractivity contribution < 1.29 is 8.78 Å². The number of rotatable bonds is 4. The van der Waals surface area contributed by atoms with Gasteiger partial charge in [0.25, 0.3) is 0 Å². The molecule has 0 heterocycles. The molecular weight excluding hydrogens is 282 g/mol. The molecule has 0 bridgehead atoms. The van der Waals surface area contributed by atoms with Crippen LogP contribution in [0.2, 0.25) is 5.02 Å². The molecule has 3 N–H and O–H groups in total. The molecule has 0 aliphatic carbocycles. The van der Waals surface area contributed by atoms with Gasteiger partial charge >= 0.3 is 0 Å². The fourth-order valence-corrected chi connectivity index (χ4v) is 2.22. The number of halogens is 3. The van der Waals surface area contributed by atoms with Crippen LogP contribution in [0.15, 0.2) is 36.4 Å². The zero-order valence-electron chi connectivity index (χ0n) is 11.0. The SMILES string of the molecule is Cc1ccc(C(Cc2c(F)cccc2F)NN)cc1Cl. The largest absolute Gasteiger partial charge is 0.271 e. The van der Waals surface area contributed by atoms with Gasteiger partial charge in [0.2, 0.25) is 0 Å². The van der Waals surface area contributed by atoms with Crippen molar-refractivity contribution >= 4 is 11.6 Å². The van der Waals surface area contributed by atoms with Crippen LogP contribution in [0.5, 0.6) is 0 Å². The average Bonchev–Trinajstić information content (AvgIpc) is 2.42. The molecule has 2 nitrogen and oxygen atoms in total. The third-order valence-corrected chi connectivity index (χ3v) is 3.68. The minimum Gasteiger partial charge on any atom is -0.271 e. The van der Waals surface area contributed by atoms with Crippen LogP contribution in [-0.4, -0.2) is 0 Å². The number of aryl methyl sites for hydroxylation is 1. The van der Waals surface area contributed by atoms with Crippen molar-refractivity contribution in [2.24, 2.45) is 5.84 Å². The third kappa shape index (κ3) is 3.15. The summed E-state index contributed by atoms with van der Waals surface area (Å²) in [6.45, 7) is 1.88. The van der Waals surface area contributed by atoms with E-state index in [9.17, 15) is 8.78 Å². The maximum Gasteiger partial charge on any atom is 0.129 e. The number of hydrogen-bond acceptors (Lipinski definition) is 2. The predicted molar refractivity (Wildman–Crippen MR) is 76.3 cm³/mol. The van der Waals surface area contributed by atoms with E-state index in [1.54, 1.807) is 6.07 Å². The summed E-state index contributed by atoms with van der Waals surface area (Å²) in [6.07, 6.45) is 0.106. The molecule has 1 atom stereocenters. The molecule has 20 heavy (non-hydrogen) atoms. The second kappa shape index (κ2) is 6.31. The monoisotopic (exact) mass is 296 g/mol. The van der Waals surface area contributed by atoms with Gasteiger partial charge < -0.3 is 0 Å². The second-order valence-electron chi connectivity index (χ2n) is 4.63. The summed E-state index contributed by atoms with van der Waals surface area (Å²) in [5.74, 6) is 4.34. The van der Waals surface area contributed by atoms with Gasteiger partial charge in [-0.3, -0.25) is 11.3 Å². The summed E-state index contributed by atoms with van der Waals surface area (Å²) in [6, 6.07) is 8.81. The normalized spacial score (nSPS) is 12.4. The Labute approximate surface area is 121 Å². The molecule has 2 rings (SSSR count). The van der Waals surface area contributed by atoms with Crippen LogP contribution < -0.4 is 11.3 Å². The van der Waals surface area contributed by atoms with Crippen molar-refractivity contribution in [1.29, 1.82) is 0 Å². The van der Waals surface area contributed by atoms with E-state index in [1.807, 2.05) is 19.1 Å². The van der Waals surface area contributed by atoms with Crippen molar-refractivity contribution in [2.75, 3.05) is 0 Å². The maximum atomic E-state index is 13.7. The molecule has 0 aliphatic rings. The van der Waals surface area contributed by atoms with E-state index >= 15 is 0 Å². The van der Waals surface area contributed by atoms with Crippen LogP contribution in [0.25, 0.3) is 0 Å². The Morgan fingerprint density at radius 1 is 1.20 bits per heavy atom. The Balaban J connectivity index is 2.31. The Hall–Kier alpha value is -1.49. The van der Waals surface area contributed by atoms with E-state index in [0.29, 0.717) is 5.02 Å². The first-order chi connectivity index (χ1) is 9.52. The lowest BCUT2D eigenvalue weighted by atomic mass is 9.98. The number of nitrogens with two attached hydrogens (primary N) is 1. The fraction of sp³-hybridized carbons (Fsp3) is 0.200. The lowest BCUT2D eigenvalue weighted by Gasteiger charge is -2.18. The van der Waals surface area contributed by atoms with E-state index in [2.05, 4.69) is 5.43 Å². The fourth-order valence-electron chi connectivity index (χ4n) is 2.03. The molecule has 0 amide bonds. The van der Waals surface area contributed by atoms with Crippen molar-refractivity contribution in [1.82, 2.24) is 5.43 Å². The highest BCUT2D eigenvalue weighted by molar-refractivity contribution is 6.31. The Morgan fingerprint density at radius 3 is 2.40 bits per heavy atom. The molecule has 106 valence electrons. The smallest absolute Gasteiger partial charge is 0.129 e. The van der Waals surface area contributed by atoms with Gasteiger partial charge in [0.15, 0.2) is 0 Å². The van der Waals surface area contributed by atoms with E-state index in [1.165, 1.54) is 18.2 Å². The van der Waals surface area contributed by atoms with Gasteiger partial charge in [-0.15, -0.1) is 0 Å². The first kappa shape index (κ1) is 14.9. The van der Waals surface area contributed by atoms with Gasteiger partial charge in [0, 0.05) is 10.6 Å². The van der Waals surface area contributed by atoms with Crippen molar-refractivity contribution in [3.63, 3.8) is 0 Å². The first-order valence-electron chi connectivity index (χ1n) is 6.18. The van der Waals surface area contributed by atoms with Gasteiger partial charge in [-0.05, 0) is 42.7 Å². The Bertz CT molecular complexity index is 597. The lowest BCUT2D eigenvalue weighted by Crippen LogP contribution is -2.30. The van der Waals surface area contributed by atoms with Crippen molar-refractivity contribution in [2.45, 2.75) is 19.4 Å². The van der Waals surface area contributed by atoms with E-state index < -0.39 is 17.7 Å². The molecule has 0 fully saturated rings. The van der Waals surface area contributed by atoms with Crippen LogP contribution in [0.1, 0.15) is 22.7 Å². The molecule has 0 spiro atoms. The third-order valence-electron chi connectivity index (χ3n) is 3.27. The molecule has 1 unspecified atom stereocenters. The molecule has 0 saturated heterocycles. The van der Waals surface area contributed by atoms with Gasteiger partial charge in [0.1, 0.15) is 11.6 Å². The molecule has 5 heteroatoms. The van der Waals surface area contributed by atoms with Gasteiger partial charge in [0.05, 0.1) is 6.04 Å². The minimum atomic E-state index is -0.580. The summed E-state index contributed by atoms with van der Waals surface area (Å²) in [5.41, 5.74) is 4.30. The zero-order valence-corrected chi connectivity index (χ0v) is 11.7. The summed E-state index contributed by atoms with van der Waals surface area (Å²) in [5, 5.41) is 0.594. The van der Waals surface area contributed by atoms with Crippen LogP contribution in [0.3, 0.4) is 0 Å². The van der Waals surface area contributed by atoms with Crippen molar-refractivity contribution in [3.05, 3.63) is 69.7 Å². The van der Waals surface area contributed by atoms with Gasteiger partial charge in [-0.1, -0.05) is 29.8 Å². The highest BCUT2D eigenvalue weighted by Crippen LogP contribution is 2.25. The predicted octanol–water partition coefficient (Wildman–Crippen LogP) is 3.67. The van der Waals surface area contributed by atoms with Gasteiger partial charge in [-0.25, -0.2) is 8.78 Å². The molecular formula is C15H15ClF2N2. The maximum absolute atomic E-state index is 13.7. The summed E-state index contributed by atoms with van der Waals surface area (Å²) >= 11 is 6.06. The molecule has 0 aromatic heterocycles. The van der Waals surface area contributed by atoms with Crippen LogP contribution in [-0.2, 0) is 6.42 Å². The molecule has 2 aromatic rings. The number of benzene rings is 2. The van der Waals surface area contributed by atoms with Crippen LogP contribution in [0.4, 0.5) is 8.78 Å². The standard InChI is InChI=1S/C15H15ClF2N2/c1-9-5-6-10(7-12(9)16)15(20-19)8-11-13(17)3-2-4-14(11)18/h2-7,15,20H,8,19H2,1H3. The summed E-state index contributed by atoms with van der Waals surface area (Å²) in [4.78, 5) is 0. The molecule has 0 radical (unpaired) electrons. The Kier molecular flexibility index (Phi) is 4.70. The molecule has 2 aromatic carbocycles.